The van der Waals surface area contributed by atoms with E-state index in [1.165, 1.54) is 0 Å². The van der Waals surface area contributed by atoms with E-state index >= 15 is 0 Å². The summed E-state index contributed by atoms with van der Waals surface area (Å²) in [5.41, 5.74) is 7.62. The number of Topliss-reactive ketones (excluding diaryl/α,β-unsaturated/α-hetero) is 1. The zero-order chi connectivity index (χ0) is 31.0. The number of amides is 1. The number of nitrogens with one attached hydrogen (secondary N) is 1. The number of hydrogen-bond donors (Lipinski definition) is 1. The lowest BCUT2D eigenvalue weighted by atomic mass is 9.85. The third-order valence-corrected chi connectivity index (χ3v) is 9.16. The Bertz CT molecular complexity index is 1770. The van der Waals surface area contributed by atoms with E-state index in [1.54, 1.807) is 30.3 Å². The summed E-state index contributed by atoms with van der Waals surface area (Å²) in [5.74, 6) is -2.01. The Morgan fingerprint density at radius 3 is 2.16 bits per heavy atom. The molecule has 6 rings (SSSR count). The van der Waals surface area contributed by atoms with Crippen LogP contribution in [-0.4, -0.2) is 22.7 Å². The number of aryl methyl sites for hydroxylation is 2. The van der Waals surface area contributed by atoms with Gasteiger partial charge in [0, 0.05) is 27.6 Å². The van der Waals surface area contributed by atoms with Crippen LogP contribution in [0.3, 0.4) is 0 Å². The van der Waals surface area contributed by atoms with E-state index in [0.717, 1.165) is 22.3 Å². The van der Waals surface area contributed by atoms with E-state index < -0.39 is 29.9 Å². The lowest BCUT2D eigenvalue weighted by Gasteiger charge is -2.35. The fourth-order valence-corrected chi connectivity index (χ4v) is 6.31. The van der Waals surface area contributed by atoms with Crippen molar-refractivity contribution in [2.45, 2.75) is 32.4 Å². The second-order valence-corrected chi connectivity index (χ2v) is 12.0. The standard InChI is InChI=1S/C36H30Cl2N2O4/c1-21-13-15-25(17-29(21)37)31(41)19-27-33(23-9-5-3-6-10-23)40(39-35(27)42)34(24-11-7-4-8-12-24)28-20-32(44-36(28)43)26-16-14-22(2)30(38)18-26/h3-18,20,27-28,33-34H,19H2,1-2H3,(H,39,42). The van der Waals surface area contributed by atoms with Crippen LogP contribution in [0.4, 0.5) is 0 Å². The second kappa shape index (κ2) is 12.4. The van der Waals surface area contributed by atoms with Crippen LogP contribution in [0, 0.1) is 25.7 Å². The predicted octanol–water partition coefficient (Wildman–Crippen LogP) is 7.84. The Labute approximate surface area is 266 Å². The zero-order valence-corrected chi connectivity index (χ0v) is 25.7. The monoisotopic (exact) mass is 624 g/mol. The van der Waals surface area contributed by atoms with Crippen LogP contribution >= 0.6 is 23.2 Å². The lowest BCUT2D eigenvalue weighted by molar-refractivity contribution is -0.141. The highest BCUT2D eigenvalue weighted by Gasteiger charge is 2.50. The molecule has 8 heteroatoms. The van der Waals surface area contributed by atoms with E-state index in [0.29, 0.717) is 26.9 Å². The fourth-order valence-electron chi connectivity index (χ4n) is 5.94. The number of esters is 1. The maximum atomic E-state index is 13.8. The van der Waals surface area contributed by atoms with Crippen molar-refractivity contribution in [1.29, 1.82) is 0 Å². The highest BCUT2D eigenvalue weighted by molar-refractivity contribution is 6.32. The SMILES string of the molecule is Cc1ccc(C(=O)CC2C(=O)NN(C(c3ccccc3)C3C=C(c4ccc(C)c(Cl)c4)OC3=O)C2c2ccccc2)cc1Cl. The number of rotatable bonds is 8. The van der Waals surface area contributed by atoms with Crippen molar-refractivity contribution in [3.05, 3.63) is 147 Å². The predicted molar refractivity (Wildman–Crippen MR) is 171 cm³/mol. The molecule has 4 atom stereocenters. The summed E-state index contributed by atoms with van der Waals surface area (Å²) in [6, 6.07) is 28.6. The molecule has 44 heavy (non-hydrogen) atoms. The number of nitrogens with zero attached hydrogens (tertiary/aromatic N) is 1. The normalized spacial score (nSPS) is 20.6. The Morgan fingerprint density at radius 1 is 0.864 bits per heavy atom. The minimum absolute atomic E-state index is 0.0408. The summed E-state index contributed by atoms with van der Waals surface area (Å²) >= 11 is 12.7. The van der Waals surface area contributed by atoms with Gasteiger partial charge in [-0.25, -0.2) is 5.01 Å². The molecule has 2 aliphatic heterocycles. The number of carbonyl (C=O) groups excluding carboxylic acids is 3. The minimum Gasteiger partial charge on any atom is -0.426 e. The summed E-state index contributed by atoms with van der Waals surface area (Å²) in [7, 11) is 0. The van der Waals surface area contributed by atoms with E-state index in [4.69, 9.17) is 27.9 Å². The van der Waals surface area contributed by atoms with Gasteiger partial charge in [-0.1, -0.05) is 108 Å². The first-order chi connectivity index (χ1) is 21.2. The van der Waals surface area contributed by atoms with Gasteiger partial charge < -0.3 is 4.74 Å². The number of carbonyl (C=O) groups is 3. The molecule has 4 aromatic carbocycles. The van der Waals surface area contributed by atoms with Crippen LogP contribution in [0.1, 0.15) is 56.7 Å². The highest BCUT2D eigenvalue weighted by atomic mass is 35.5. The number of hydrogen-bond acceptors (Lipinski definition) is 5. The highest BCUT2D eigenvalue weighted by Crippen LogP contribution is 2.46. The summed E-state index contributed by atoms with van der Waals surface area (Å²) in [6.07, 6.45) is 1.75. The third kappa shape index (κ3) is 5.81. The minimum atomic E-state index is -0.760. The summed E-state index contributed by atoms with van der Waals surface area (Å²) in [5, 5.41) is 2.88. The van der Waals surface area contributed by atoms with Gasteiger partial charge in [0.25, 0.3) is 0 Å². The Balaban J connectivity index is 1.41. The van der Waals surface area contributed by atoms with Crippen LogP contribution in [0.25, 0.3) is 5.76 Å². The number of cyclic esters (lactones) is 1. The average Bonchev–Trinajstić information content (AvgIpc) is 3.56. The number of benzene rings is 4. The van der Waals surface area contributed by atoms with Crippen LogP contribution in [0.5, 0.6) is 0 Å². The molecule has 1 amide bonds. The molecule has 0 radical (unpaired) electrons. The van der Waals surface area contributed by atoms with Gasteiger partial charge in [-0.3, -0.25) is 19.8 Å². The van der Waals surface area contributed by atoms with Gasteiger partial charge >= 0.3 is 5.97 Å². The lowest BCUT2D eigenvalue weighted by Crippen LogP contribution is -2.42. The summed E-state index contributed by atoms with van der Waals surface area (Å²) in [4.78, 5) is 40.9. The third-order valence-electron chi connectivity index (χ3n) is 8.35. The molecular formula is C36H30Cl2N2O4. The van der Waals surface area contributed by atoms with E-state index in [1.807, 2.05) is 91.7 Å². The molecule has 6 nitrogen and oxygen atoms in total. The zero-order valence-electron chi connectivity index (χ0n) is 24.2. The molecule has 0 bridgehead atoms. The molecule has 2 aliphatic rings. The first kappa shape index (κ1) is 29.8. The van der Waals surface area contributed by atoms with Gasteiger partial charge in [-0.15, -0.1) is 0 Å². The summed E-state index contributed by atoms with van der Waals surface area (Å²) in [6.45, 7) is 3.78. The molecule has 4 unspecified atom stereocenters. The first-order valence-electron chi connectivity index (χ1n) is 14.4. The van der Waals surface area contributed by atoms with E-state index in [9.17, 15) is 14.4 Å². The molecule has 1 fully saturated rings. The number of hydrazine groups is 1. The molecule has 1 N–H and O–H groups in total. The molecule has 2 heterocycles. The van der Waals surface area contributed by atoms with Crippen LogP contribution in [0.2, 0.25) is 10.0 Å². The molecule has 222 valence electrons. The molecule has 4 aromatic rings. The van der Waals surface area contributed by atoms with Crippen LogP contribution in [0.15, 0.2) is 103 Å². The molecular weight excluding hydrogens is 595 g/mol. The first-order valence-corrected chi connectivity index (χ1v) is 15.1. The van der Waals surface area contributed by atoms with E-state index in [2.05, 4.69) is 5.43 Å². The van der Waals surface area contributed by atoms with Crippen LogP contribution in [-0.2, 0) is 14.3 Å². The van der Waals surface area contributed by atoms with Crippen molar-refractivity contribution in [1.82, 2.24) is 10.4 Å². The van der Waals surface area contributed by atoms with Crippen molar-refractivity contribution in [3.63, 3.8) is 0 Å². The molecule has 0 spiro atoms. The summed E-state index contributed by atoms with van der Waals surface area (Å²) < 4.78 is 5.81. The fraction of sp³-hybridized carbons (Fsp3) is 0.194. The van der Waals surface area contributed by atoms with Crippen molar-refractivity contribution in [3.8, 4) is 0 Å². The van der Waals surface area contributed by atoms with Gasteiger partial charge in [0.1, 0.15) is 11.7 Å². The smallest absolute Gasteiger partial charge is 0.320 e. The second-order valence-electron chi connectivity index (χ2n) is 11.2. The Morgan fingerprint density at radius 2 is 1.50 bits per heavy atom. The molecule has 1 saturated heterocycles. The van der Waals surface area contributed by atoms with Gasteiger partial charge in [0.2, 0.25) is 5.91 Å². The van der Waals surface area contributed by atoms with Gasteiger partial charge in [-0.2, -0.15) is 0 Å². The maximum Gasteiger partial charge on any atom is 0.320 e. The van der Waals surface area contributed by atoms with Crippen molar-refractivity contribution in [2.75, 3.05) is 0 Å². The van der Waals surface area contributed by atoms with Crippen molar-refractivity contribution >= 4 is 46.6 Å². The van der Waals surface area contributed by atoms with Gasteiger partial charge in [-0.05, 0) is 54.3 Å². The van der Waals surface area contributed by atoms with E-state index in [-0.39, 0.29) is 18.1 Å². The van der Waals surface area contributed by atoms with Gasteiger partial charge in [0.05, 0.1) is 18.0 Å². The average molecular weight is 626 g/mol. The molecule has 0 aliphatic carbocycles. The largest absolute Gasteiger partial charge is 0.426 e. The molecule has 0 aromatic heterocycles. The molecule has 0 saturated carbocycles. The topological polar surface area (TPSA) is 75.7 Å². The van der Waals surface area contributed by atoms with Crippen molar-refractivity contribution in [2.24, 2.45) is 11.8 Å². The number of ether oxygens (including phenoxy) is 1. The quantitative estimate of drug-likeness (QED) is 0.160. The van der Waals surface area contributed by atoms with Crippen molar-refractivity contribution < 1.29 is 19.1 Å². The maximum absolute atomic E-state index is 13.8. The Hall–Kier alpha value is -4.23. The number of halogens is 2. The number of ketones is 1. The Kier molecular flexibility index (Phi) is 8.41. The van der Waals surface area contributed by atoms with Crippen LogP contribution < -0.4 is 5.43 Å². The van der Waals surface area contributed by atoms with Gasteiger partial charge in [0.15, 0.2) is 5.78 Å².